The van der Waals surface area contributed by atoms with Crippen LogP contribution >= 0.6 is 23.6 Å². The Labute approximate surface area is 131 Å². The van der Waals surface area contributed by atoms with Gasteiger partial charge in [0.15, 0.2) is 0 Å². The van der Waals surface area contributed by atoms with Gasteiger partial charge in [0.05, 0.1) is 5.56 Å². The zero-order chi connectivity index (χ0) is 9.42. The number of nitrogens with zero attached hydrogens (tertiary/aromatic N) is 2. The maximum absolute atomic E-state index is 13.0. The van der Waals surface area contributed by atoms with E-state index in [-0.39, 0.29) is 56.9 Å². The molecule has 0 bridgehead atoms. The average molecular weight is 248 g/mol. The summed E-state index contributed by atoms with van der Waals surface area (Å²) in [5.41, 5.74) is 0.553. The summed E-state index contributed by atoms with van der Waals surface area (Å²) in [5.74, 6) is -0.546. The number of thiazole rings is 1. The van der Waals surface area contributed by atoms with Crippen LogP contribution in [0.25, 0.3) is 10.2 Å². The van der Waals surface area contributed by atoms with E-state index in [2.05, 4.69) is 4.98 Å². The first-order valence-corrected chi connectivity index (χ1v) is 4.60. The summed E-state index contributed by atoms with van der Waals surface area (Å²) in [7, 11) is 0. The van der Waals surface area contributed by atoms with Gasteiger partial charge in [-0.15, -0.1) is 5.52 Å². The number of hydrogen-bond donors (Lipinski definition) is 0. The van der Waals surface area contributed by atoms with Gasteiger partial charge < -0.3 is 4.98 Å². The van der Waals surface area contributed by atoms with Gasteiger partial charge in [-0.3, -0.25) is 0 Å². The van der Waals surface area contributed by atoms with Gasteiger partial charge in [-0.05, 0) is 16.1 Å². The van der Waals surface area contributed by atoms with Gasteiger partial charge in [-0.25, -0.2) is 4.39 Å². The SMILES string of the molecule is N#Cc1cc2sc(=S)[n-]c2cc1F.[K+]. The molecule has 0 radical (unpaired) electrons. The van der Waals surface area contributed by atoms with Crippen LogP contribution in [0.15, 0.2) is 12.1 Å². The van der Waals surface area contributed by atoms with E-state index in [1.54, 1.807) is 6.07 Å². The minimum Gasteiger partial charge on any atom is -0.639 e. The summed E-state index contributed by atoms with van der Waals surface area (Å²) in [4.78, 5) is 3.93. The van der Waals surface area contributed by atoms with Crippen molar-refractivity contribution in [3.05, 3.63) is 27.5 Å². The second-order valence-electron chi connectivity index (χ2n) is 2.39. The van der Waals surface area contributed by atoms with E-state index in [4.69, 9.17) is 17.5 Å². The van der Waals surface area contributed by atoms with Crippen LogP contribution in [0.4, 0.5) is 4.39 Å². The molecular formula is C8H2FKN2S2. The molecule has 2 nitrogen and oxygen atoms in total. The molecule has 0 unspecified atom stereocenters. The van der Waals surface area contributed by atoms with Gasteiger partial charge in [0.25, 0.3) is 0 Å². The smallest absolute Gasteiger partial charge is 0.639 e. The molecule has 14 heavy (non-hydrogen) atoms. The molecule has 0 amide bonds. The maximum atomic E-state index is 13.0. The Morgan fingerprint density at radius 2 is 2.21 bits per heavy atom. The van der Waals surface area contributed by atoms with Crippen LogP contribution in [-0.2, 0) is 0 Å². The van der Waals surface area contributed by atoms with Crippen LogP contribution < -0.4 is 56.4 Å². The molecule has 0 aliphatic heterocycles. The normalized spacial score (nSPS) is 9.43. The molecule has 0 atom stereocenters. The first kappa shape index (κ1) is 12.5. The fraction of sp³-hybridized carbons (Fsp3) is 0. The Morgan fingerprint density at radius 3 is 2.86 bits per heavy atom. The second kappa shape index (κ2) is 4.94. The van der Waals surface area contributed by atoms with E-state index in [1.165, 1.54) is 23.5 Å². The van der Waals surface area contributed by atoms with Crippen LogP contribution in [0.5, 0.6) is 0 Å². The predicted octanol–water partition coefficient (Wildman–Crippen LogP) is -0.397. The van der Waals surface area contributed by atoms with Crippen molar-refractivity contribution in [2.75, 3.05) is 0 Å². The molecule has 6 heteroatoms. The molecule has 0 fully saturated rings. The third-order valence-corrected chi connectivity index (χ3v) is 2.73. The van der Waals surface area contributed by atoms with Crippen molar-refractivity contribution in [3.63, 3.8) is 0 Å². The monoisotopic (exact) mass is 248 g/mol. The minimum absolute atomic E-state index is 0. The van der Waals surface area contributed by atoms with Gasteiger partial charge in [0.2, 0.25) is 0 Å². The first-order chi connectivity index (χ1) is 6.20. The van der Waals surface area contributed by atoms with E-state index in [1.807, 2.05) is 0 Å². The number of rotatable bonds is 0. The summed E-state index contributed by atoms with van der Waals surface area (Å²) >= 11 is 6.11. The van der Waals surface area contributed by atoms with E-state index in [0.717, 1.165) is 4.70 Å². The summed E-state index contributed by atoms with van der Waals surface area (Å²) in [6, 6.07) is 4.47. The average Bonchev–Trinajstić information content (AvgIpc) is 2.42. The summed E-state index contributed by atoms with van der Waals surface area (Å²) in [6.07, 6.45) is 0. The van der Waals surface area contributed by atoms with Crippen molar-refractivity contribution >= 4 is 33.8 Å². The van der Waals surface area contributed by atoms with Crippen LogP contribution in [-0.4, -0.2) is 0 Å². The molecule has 0 saturated heterocycles. The molecule has 0 aliphatic rings. The van der Waals surface area contributed by atoms with Crippen molar-refractivity contribution in [3.8, 4) is 6.07 Å². The molecule has 2 aromatic rings. The third-order valence-electron chi connectivity index (χ3n) is 1.58. The van der Waals surface area contributed by atoms with E-state index in [9.17, 15) is 4.39 Å². The second-order valence-corrected chi connectivity index (χ2v) is 4.07. The third kappa shape index (κ3) is 2.31. The fourth-order valence-electron chi connectivity index (χ4n) is 1.01. The zero-order valence-electron chi connectivity index (χ0n) is 7.24. The van der Waals surface area contributed by atoms with Crippen LogP contribution in [0, 0.1) is 21.1 Å². The predicted molar refractivity (Wildman–Crippen MR) is 50.7 cm³/mol. The Kier molecular flexibility index (Phi) is 4.40. The van der Waals surface area contributed by atoms with E-state index >= 15 is 0 Å². The number of aromatic nitrogens is 1. The molecule has 0 N–H and O–H groups in total. The standard InChI is InChI=1S/C8H3FN2S2.K/c9-5-2-6-7(1-4(5)3-10)13-8(12)11-6;/h1-2H,(H,11,12);/q;+1/p-1. The molecule has 2 rings (SSSR count). The number of benzene rings is 1. The van der Waals surface area contributed by atoms with Crippen molar-refractivity contribution in [1.82, 2.24) is 4.98 Å². The Bertz CT molecular complexity index is 567. The maximum Gasteiger partial charge on any atom is 1.00 e. The van der Waals surface area contributed by atoms with Crippen molar-refractivity contribution < 1.29 is 55.8 Å². The summed E-state index contributed by atoms with van der Waals surface area (Å²) < 4.78 is 14.3. The minimum atomic E-state index is -0.546. The first-order valence-electron chi connectivity index (χ1n) is 3.38. The summed E-state index contributed by atoms with van der Waals surface area (Å²) in [6.45, 7) is 0. The van der Waals surface area contributed by atoms with Crippen LogP contribution in [0.1, 0.15) is 5.56 Å². The molecule has 0 saturated carbocycles. The molecule has 0 aliphatic carbocycles. The van der Waals surface area contributed by atoms with E-state index in [0.29, 0.717) is 9.47 Å². The number of halogens is 1. The molecular weight excluding hydrogens is 246 g/mol. The number of nitriles is 1. The zero-order valence-corrected chi connectivity index (χ0v) is 12.0. The molecule has 1 aromatic heterocycles. The molecule has 0 spiro atoms. The Balaban J connectivity index is 0.000000980. The number of fused-ring (bicyclic) bond motifs is 1. The van der Waals surface area contributed by atoms with Gasteiger partial charge in [0, 0.05) is 4.70 Å². The molecule has 1 aromatic carbocycles. The molecule has 1 heterocycles. The topological polar surface area (TPSA) is 37.9 Å². The Hall–Kier alpha value is 0.386. The van der Waals surface area contributed by atoms with Gasteiger partial charge in [-0.1, -0.05) is 12.2 Å². The fourth-order valence-corrected chi connectivity index (χ4v) is 2.10. The van der Waals surface area contributed by atoms with Gasteiger partial charge >= 0.3 is 51.4 Å². The van der Waals surface area contributed by atoms with E-state index < -0.39 is 5.82 Å². The van der Waals surface area contributed by atoms with Crippen LogP contribution in [0.3, 0.4) is 0 Å². The Morgan fingerprint density at radius 1 is 1.50 bits per heavy atom. The van der Waals surface area contributed by atoms with Crippen molar-refractivity contribution in [2.45, 2.75) is 0 Å². The van der Waals surface area contributed by atoms with Gasteiger partial charge in [-0.2, -0.15) is 16.6 Å². The largest absolute Gasteiger partial charge is 1.00 e. The number of hydrogen-bond acceptors (Lipinski definition) is 3. The molecule has 64 valence electrons. The van der Waals surface area contributed by atoms with Crippen molar-refractivity contribution in [2.24, 2.45) is 0 Å². The summed E-state index contributed by atoms with van der Waals surface area (Å²) in [5, 5.41) is 8.55. The van der Waals surface area contributed by atoms with Crippen molar-refractivity contribution in [1.29, 1.82) is 5.26 Å². The van der Waals surface area contributed by atoms with Gasteiger partial charge in [0.1, 0.15) is 11.9 Å². The van der Waals surface area contributed by atoms with Crippen LogP contribution in [0.2, 0.25) is 0 Å². The quantitative estimate of drug-likeness (QED) is 0.470.